The third kappa shape index (κ3) is 3.93. The average Bonchev–Trinajstić information content (AvgIpc) is 2.50. The second kappa shape index (κ2) is 7.68. The fraction of sp³-hybridized carbons (Fsp3) is 0.944. The van der Waals surface area contributed by atoms with Crippen molar-refractivity contribution in [2.75, 3.05) is 32.8 Å². The molecule has 6 heteroatoms. The molecule has 2 fully saturated rings. The van der Waals surface area contributed by atoms with Crippen LogP contribution >= 0.6 is 0 Å². The Morgan fingerprint density at radius 3 is 2.50 bits per heavy atom. The second-order valence-corrected chi connectivity index (χ2v) is 7.97. The molecule has 1 heterocycles. The van der Waals surface area contributed by atoms with Gasteiger partial charge in [-0.15, -0.1) is 0 Å². The van der Waals surface area contributed by atoms with Crippen LogP contribution in [0.4, 0.5) is 0 Å². The van der Waals surface area contributed by atoms with Crippen molar-refractivity contribution in [2.24, 2.45) is 11.1 Å². The molecule has 24 heavy (non-hydrogen) atoms. The number of carbonyl (C=O) groups is 1. The zero-order chi connectivity index (χ0) is 18.0. The molecule has 0 bridgehead atoms. The quantitative estimate of drug-likeness (QED) is 0.679. The molecular formula is C18H35N3O3. The second-order valence-electron chi connectivity index (χ2n) is 7.97. The summed E-state index contributed by atoms with van der Waals surface area (Å²) in [6, 6.07) is 0. The number of hydrogen-bond acceptors (Lipinski definition) is 5. The molecule has 0 spiro atoms. The monoisotopic (exact) mass is 341 g/mol. The van der Waals surface area contributed by atoms with Gasteiger partial charge in [0.1, 0.15) is 5.54 Å². The Kier molecular flexibility index (Phi) is 6.29. The van der Waals surface area contributed by atoms with E-state index in [9.17, 15) is 4.79 Å². The lowest BCUT2D eigenvalue weighted by Crippen LogP contribution is -2.75. The zero-order valence-electron chi connectivity index (χ0n) is 15.9. The third-order valence-corrected chi connectivity index (χ3v) is 5.67. The summed E-state index contributed by atoms with van der Waals surface area (Å²) in [4.78, 5) is 14.9. The van der Waals surface area contributed by atoms with E-state index in [0.29, 0.717) is 19.6 Å². The molecule has 1 aliphatic carbocycles. The number of rotatable bonds is 7. The van der Waals surface area contributed by atoms with Gasteiger partial charge in [-0.05, 0) is 27.2 Å². The first kappa shape index (κ1) is 19.6. The van der Waals surface area contributed by atoms with Crippen LogP contribution in [0.25, 0.3) is 0 Å². The van der Waals surface area contributed by atoms with E-state index in [1.54, 1.807) is 0 Å². The fourth-order valence-electron chi connectivity index (χ4n) is 3.95. The van der Waals surface area contributed by atoms with Crippen molar-refractivity contribution >= 4 is 5.91 Å². The minimum atomic E-state index is -0.825. The van der Waals surface area contributed by atoms with Gasteiger partial charge < -0.3 is 20.5 Å². The van der Waals surface area contributed by atoms with Gasteiger partial charge in [0, 0.05) is 44.6 Å². The Bertz CT molecular complexity index is 433. The number of carbonyl (C=O) groups excluding carboxylic acids is 1. The number of hydrogen-bond donors (Lipinski definition) is 2. The molecule has 1 saturated carbocycles. The van der Waals surface area contributed by atoms with Crippen molar-refractivity contribution in [3.05, 3.63) is 0 Å². The molecule has 4 atom stereocenters. The Hall–Kier alpha value is -0.690. The van der Waals surface area contributed by atoms with Gasteiger partial charge in [-0.3, -0.25) is 9.69 Å². The Labute approximate surface area is 146 Å². The van der Waals surface area contributed by atoms with Crippen LogP contribution in [-0.2, 0) is 14.3 Å². The van der Waals surface area contributed by atoms with Crippen LogP contribution in [0.3, 0.4) is 0 Å². The van der Waals surface area contributed by atoms with Gasteiger partial charge in [-0.1, -0.05) is 13.8 Å². The van der Waals surface area contributed by atoms with E-state index in [-0.39, 0.29) is 29.6 Å². The Balaban J connectivity index is 1.72. The molecule has 4 unspecified atom stereocenters. The van der Waals surface area contributed by atoms with Crippen molar-refractivity contribution in [1.82, 2.24) is 10.2 Å². The Morgan fingerprint density at radius 2 is 1.96 bits per heavy atom. The van der Waals surface area contributed by atoms with Crippen LogP contribution in [-0.4, -0.2) is 67.4 Å². The maximum absolute atomic E-state index is 12.5. The molecule has 1 amide bonds. The highest BCUT2D eigenvalue weighted by Gasteiger charge is 2.62. The molecule has 0 aromatic rings. The minimum Gasteiger partial charge on any atom is -0.378 e. The summed E-state index contributed by atoms with van der Waals surface area (Å²) in [5.41, 5.74) is 5.23. The molecular weight excluding hydrogens is 306 g/mol. The van der Waals surface area contributed by atoms with E-state index in [1.807, 2.05) is 20.8 Å². The first-order valence-corrected chi connectivity index (χ1v) is 9.27. The van der Waals surface area contributed by atoms with E-state index < -0.39 is 5.54 Å². The first-order chi connectivity index (χ1) is 11.2. The highest BCUT2D eigenvalue weighted by Crippen LogP contribution is 2.49. The number of amides is 1. The van der Waals surface area contributed by atoms with Crippen LogP contribution in [0.1, 0.15) is 47.5 Å². The number of nitrogens with two attached hydrogens (primary N) is 1. The summed E-state index contributed by atoms with van der Waals surface area (Å²) >= 11 is 0. The van der Waals surface area contributed by atoms with Crippen molar-refractivity contribution in [2.45, 2.75) is 71.3 Å². The van der Waals surface area contributed by atoms with Gasteiger partial charge in [-0.2, -0.15) is 0 Å². The SMILES string of the molecule is CCOC1CC(N)(C(=O)NCCCN2CC(C)OC(C)C2)C1(C)C. The normalized spacial score (nSPS) is 36.2. The van der Waals surface area contributed by atoms with Crippen molar-refractivity contribution in [3.8, 4) is 0 Å². The molecule has 0 aromatic carbocycles. The highest BCUT2D eigenvalue weighted by atomic mass is 16.5. The molecule has 6 nitrogen and oxygen atoms in total. The van der Waals surface area contributed by atoms with Crippen molar-refractivity contribution < 1.29 is 14.3 Å². The zero-order valence-corrected chi connectivity index (χ0v) is 15.9. The summed E-state index contributed by atoms with van der Waals surface area (Å²) < 4.78 is 11.4. The van der Waals surface area contributed by atoms with Gasteiger partial charge in [0.2, 0.25) is 5.91 Å². The van der Waals surface area contributed by atoms with Crippen LogP contribution in [0.2, 0.25) is 0 Å². The lowest BCUT2D eigenvalue weighted by molar-refractivity contribution is -0.170. The predicted octanol–water partition coefficient (Wildman–Crippen LogP) is 1.13. The fourth-order valence-corrected chi connectivity index (χ4v) is 3.95. The van der Waals surface area contributed by atoms with Crippen molar-refractivity contribution in [1.29, 1.82) is 0 Å². The van der Waals surface area contributed by atoms with Gasteiger partial charge >= 0.3 is 0 Å². The molecule has 1 aliphatic heterocycles. The first-order valence-electron chi connectivity index (χ1n) is 9.27. The topological polar surface area (TPSA) is 76.8 Å². The Morgan fingerprint density at radius 1 is 1.33 bits per heavy atom. The van der Waals surface area contributed by atoms with Gasteiger partial charge in [0.15, 0.2) is 0 Å². The van der Waals surface area contributed by atoms with Crippen LogP contribution in [0, 0.1) is 5.41 Å². The average molecular weight is 341 g/mol. The summed E-state index contributed by atoms with van der Waals surface area (Å²) in [7, 11) is 0. The van der Waals surface area contributed by atoms with E-state index in [2.05, 4.69) is 24.1 Å². The third-order valence-electron chi connectivity index (χ3n) is 5.67. The lowest BCUT2D eigenvalue weighted by atomic mass is 9.54. The number of morpholine rings is 1. The molecule has 140 valence electrons. The van der Waals surface area contributed by atoms with Crippen LogP contribution < -0.4 is 11.1 Å². The molecule has 0 radical (unpaired) electrons. The smallest absolute Gasteiger partial charge is 0.240 e. The van der Waals surface area contributed by atoms with Crippen molar-refractivity contribution in [3.63, 3.8) is 0 Å². The summed E-state index contributed by atoms with van der Waals surface area (Å²) in [6.45, 7) is 14.4. The van der Waals surface area contributed by atoms with Gasteiger partial charge in [-0.25, -0.2) is 0 Å². The van der Waals surface area contributed by atoms with Gasteiger partial charge in [0.05, 0.1) is 18.3 Å². The molecule has 0 aromatic heterocycles. The summed E-state index contributed by atoms with van der Waals surface area (Å²) in [5.74, 6) is -0.0489. The molecule has 1 saturated heterocycles. The van der Waals surface area contributed by atoms with E-state index >= 15 is 0 Å². The maximum Gasteiger partial charge on any atom is 0.240 e. The van der Waals surface area contributed by atoms with E-state index in [1.165, 1.54) is 0 Å². The standard InChI is InChI=1S/C18H35N3O3/c1-6-23-15-10-18(19,17(15,4)5)16(22)20-8-7-9-21-11-13(2)24-14(3)12-21/h13-15H,6-12,19H2,1-5H3,(H,20,22). The van der Waals surface area contributed by atoms with E-state index in [4.69, 9.17) is 15.2 Å². The molecule has 3 N–H and O–H groups in total. The molecule has 2 rings (SSSR count). The number of ether oxygens (including phenoxy) is 2. The van der Waals surface area contributed by atoms with Crippen LogP contribution in [0.5, 0.6) is 0 Å². The predicted molar refractivity (Wildman–Crippen MR) is 94.8 cm³/mol. The summed E-state index contributed by atoms with van der Waals surface area (Å²) in [6.07, 6.45) is 2.15. The van der Waals surface area contributed by atoms with Crippen LogP contribution in [0.15, 0.2) is 0 Å². The van der Waals surface area contributed by atoms with Gasteiger partial charge in [0.25, 0.3) is 0 Å². The largest absolute Gasteiger partial charge is 0.378 e. The molecule has 2 aliphatic rings. The minimum absolute atomic E-state index is 0.0489. The lowest BCUT2D eigenvalue weighted by Gasteiger charge is -2.57. The number of nitrogens with one attached hydrogen (secondary N) is 1. The highest BCUT2D eigenvalue weighted by molar-refractivity contribution is 5.88. The maximum atomic E-state index is 12.5. The number of nitrogens with zero attached hydrogens (tertiary/aromatic N) is 1. The summed E-state index contributed by atoms with van der Waals surface area (Å²) in [5, 5.41) is 3.03. The van der Waals surface area contributed by atoms with E-state index in [0.717, 1.165) is 26.1 Å².